The summed E-state index contributed by atoms with van der Waals surface area (Å²) in [6.45, 7) is 7.52. The van der Waals surface area contributed by atoms with Crippen molar-refractivity contribution in [2.24, 2.45) is 0 Å². The number of hydrogen-bond acceptors (Lipinski definition) is 4. The summed E-state index contributed by atoms with van der Waals surface area (Å²) in [6, 6.07) is 0. The van der Waals surface area contributed by atoms with E-state index in [1.54, 1.807) is 8.61 Å². The van der Waals surface area contributed by atoms with Crippen LogP contribution in [0.25, 0.3) is 0 Å². The molecule has 0 N–H and O–H groups in total. The Morgan fingerprint density at radius 1 is 0.944 bits per heavy atom. The van der Waals surface area contributed by atoms with Gasteiger partial charge in [0.1, 0.15) is 0 Å². The molecule has 0 aromatic carbocycles. The normalized spacial score (nSPS) is 33.7. The fourth-order valence-electron chi connectivity index (χ4n) is 2.50. The molecule has 7 heteroatoms. The Morgan fingerprint density at radius 3 is 1.94 bits per heavy atom. The molecule has 2 aliphatic heterocycles. The average Bonchev–Trinajstić information content (AvgIpc) is 2.28. The molecule has 2 fully saturated rings. The minimum atomic E-state index is -3.31. The maximum atomic E-state index is 12.5. The van der Waals surface area contributed by atoms with Crippen molar-refractivity contribution in [1.29, 1.82) is 0 Å². The van der Waals surface area contributed by atoms with Gasteiger partial charge in [-0.05, 0) is 20.9 Å². The largest absolute Gasteiger partial charge is 0.373 e. The topological polar surface area (TPSA) is 53.1 Å². The van der Waals surface area contributed by atoms with Gasteiger partial charge in [0.2, 0.25) is 0 Å². The fourth-order valence-corrected chi connectivity index (χ4v) is 4.25. The van der Waals surface area contributed by atoms with Gasteiger partial charge in [-0.1, -0.05) is 0 Å². The van der Waals surface area contributed by atoms with Crippen molar-refractivity contribution in [1.82, 2.24) is 13.5 Å². The molecule has 0 saturated carbocycles. The van der Waals surface area contributed by atoms with E-state index in [9.17, 15) is 8.42 Å². The van der Waals surface area contributed by atoms with Gasteiger partial charge >= 0.3 is 0 Å². The molecule has 2 rings (SSSR count). The second kappa shape index (κ2) is 5.42. The lowest BCUT2D eigenvalue weighted by Gasteiger charge is -2.39. The van der Waals surface area contributed by atoms with Crippen molar-refractivity contribution in [3.8, 4) is 0 Å². The molecule has 0 unspecified atom stereocenters. The van der Waals surface area contributed by atoms with Crippen LogP contribution in [-0.2, 0) is 14.9 Å². The van der Waals surface area contributed by atoms with E-state index in [0.29, 0.717) is 26.2 Å². The van der Waals surface area contributed by atoms with Gasteiger partial charge in [0.25, 0.3) is 10.2 Å². The first-order valence-electron chi connectivity index (χ1n) is 6.49. The zero-order chi connectivity index (χ0) is 13.3. The molecule has 0 aromatic rings. The third kappa shape index (κ3) is 3.03. The Kier molecular flexibility index (Phi) is 4.28. The van der Waals surface area contributed by atoms with Gasteiger partial charge in [-0.3, -0.25) is 0 Å². The average molecular weight is 277 g/mol. The van der Waals surface area contributed by atoms with E-state index in [4.69, 9.17) is 4.74 Å². The van der Waals surface area contributed by atoms with Crippen LogP contribution in [0.1, 0.15) is 13.8 Å². The zero-order valence-corrected chi connectivity index (χ0v) is 12.2. The van der Waals surface area contributed by atoms with Gasteiger partial charge in [0, 0.05) is 39.3 Å². The summed E-state index contributed by atoms with van der Waals surface area (Å²) in [5, 5.41) is 0. The van der Waals surface area contributed by atoms with Crippen LogP contribution in [0.5, 0.6) is 0 Å². The second-order valence-corrected chi connectivity index (χ2v) is 7.21. The predicted octanol–water partition coefficient (Wildman–Crippen LogP) is -0.412. The molecule has 0 aromatic heterocycles. The van der Waals surface area contributed by atoms with E-state index < -0.39 is 10.2 Å². The minimum absolute atomic E-state index is 0.0315. The van der Waals surface area contributed by atoms with E-state index in [0.717, 1.165) is 13.1 Å². The summed E-state index contributed by atoms with van der Waals surface area (Å²) in [7, 11) is -1.30. The number of likely N-dealkylation sites (N-methyl/N-ethyl adjacent to an activating group) is 1. The first kappa shape index (κ1) is 14.2. The molecule has 0 spiro atoms. The lowest BCUT2D eigenvalue weighted by Crippen LogP contribution is -2.56. The second-order valence-electron chi connectivity index (χ2n) is 5.28. The molecule has 2 saturated heterocycles. The predicted molar refractivity (Wildman–Crippen MR) is 69.6 cm³/mol. The van der Waals surface area contributed by atoms with Gasteiger partial charge in [0.15, 0.2) is 0 Å². The highest BCUT2D eigenvalue weighted by Crippen LogP contribution is 2.18. The summed E-state index contributed by atoms with van der Waals surface area (Å²) in [4.78, 5) is 2.15. The fraction of sp³-hybridized carbons (Fsp3) is 1.00. The van der Waals surface area contributed by atoms with Crippen LogP contribution in [0.3, 0.4) is 0 Å². The van der Waals surface area contributed by atoms with E-state index >= 15 is 0 Å². The van der Waals surface area contributed by atoms with Crippen LogP contribution in [0.2, 0.25) is 0 Å². The van der Waals surface area contributed by atoms with Crippen LogP contribution < -0.4 is 0 Å². The highest BCUT2D eigenvalue weighted by Gasteiger charge is 2.36. The maximum Gasteiger partial charge on any atom is 0.282 e. The molecule has 2 aliphatic rings. The minimum Gasteiger partial charge on any atom is -0.373 e. The van der Waals surface area contributed by atoms with Crippen molar-refractivity contribution in [3.05, 3.63) is 0 Å². The van der Waals surface area contributed by atoms with E-state index in [1.807, 2.05) is 20.9 Å². The SMILES string of the molecule is C[C@@H]1CN(S(=O)(=O)N2CCN(C)CC2)C[C@@H](C)O1. The molecule has 0 bridgehead atoms. The van der Waals surface area contributed by atoms with Crippen LogP contribution in [0.4, 0.5) is 0 Å². The van der Waals surface area contributed by atoms with Crippen LogP contribution in [0.15, 0.2) is 0 Å². The maximum absolute atomic E-state index is 12.5. The smallest absolute Gasteiger partial charge is 0.282 e. The Labute approximate surface area is 110 Å². The molecule has 0 aliphatic carbocycles. The van der Waals surface area contributed by atoms with Crippen molar-refractivity contribution < 1.29 is 13.2 Å². The summed E-state index contributed by atoms with van der Waals surface area (Å²) in [5.74, 6) is 0. The van der Waals surface area contributed by atoms with Gasteiger partial charge < -0.3 is 9.64 Å². The Balaban J connectivity index is 2.06. The molecule has 0 amide bonds. The summed E-state index contributed by atoms with van der Waals surface area (Å²) in [5.41, 5.74) is 0. The standard InChI is InChI=1S/C11H23N3O3S/c1-10-8-14(9-11(2)17-10)18(15,16)13-6-4-12(3)5-7-13/h10-11H,4-9H2,1-3H3/t10-,11-/m1/s1. The Hall–Kier alpha value is -0.210. The lowest BCUT2D eigenvalue weighted by atomic mass is 10.3. The van der Waals surface area contributed by atoms with Gasteiger partial charge in [-0.2, -0.15) is 17.0 Å². The Bertz CT molecular complexity index is 369. The van der Waals surface area contributed by atoms with Crippen LogP contribution in [0, 0.1) is 0 Å². The molecular formula is C11H23N3O3S. The third-order valence-corrected chi connectivity index (χ3v) is 5.47. The number of morpholine rings is 1. The zero-order valence-electron chi connectivity index (χ0n) is 11.4. The van der Waals surface area contributed by atoms with E-state index in [2.05, 4.69) is 4.90 Å². The third-order valence-electron chi connectivity index (χ3n) is 3.50. The van der Waals surface area contributed by atoms with Crippen LogP contribution >= 0.6 is 0 Å². The molecule has 2 heterocycles. The number of ether oxygens (including phenoxy) is 1. The number of rotatable bonds is 2. The Morgan fingerprint density at radius 2 is 1.44 bits per heavy atom. The first-order valence-corrected chi connectivity index (χ1v) is 7.88. The number of hydrogen-bond donors (Lipinski definition) is 0. The van der Waals surface area contributed by atoms with Gasteiger partial charge in [-0.25, -0.2) is 0 Å². The van der Waals surface area contributed by atoms with Crippen LogP contribution in [-0.4, -0.2) is 80.5 Å². The van der Waals surface area contributed by atoms with E-state index in [1.165, 1.54) is 0 Å². The summed E-state index contributed by atoms with van der Waals surface area (Å²) in [6.07, 6.45) is -0.0630. The van der Waals surface area contributed by atoms with Crippen molar-refractivity contribution >= 4 is 10.2 Å². The lowest BCUT2D eigenvalue weighted by molar-refractivity contribution is -0.0457. The number of piperazine rings is 1. The quantitative estimate of drug-likeness (QED) is 0.688. The van der Waals surface area contributed by atoms with Gasteiger partial charge in [-0.15, -0.1) is 0 Å². The van der Waals surface area contributed by atoms with Crippen molar-refractivity contribution in [2.75, 3.05) is 46.3 Å². The first-order chi connectivity index (χ1) is 8.39. The molecule has 6 nitrogen and oxygen atoms in total. The molecule has 18 heavy (non-hydrogen) atoms. The summed E-state index contributed by atoms with van der Waals surface area (Å²) < 4.78 is 33.8. The molecule has 106 valence electrons. The van der Waals surface area contributed by atoms with Crippen molar-refractivity contribution in [3.63, 3.8) is 0 Å². The summed E-state index contributed by atoms with van der Waals surface area (Å²) >= 11 is 0. The monoisotopic (exact) mass is 277 g/mol. The van der Waals surface area contributed by atoms with E-state index in [-0.39, 0.29) is 12.2 Å². The molecular weight excluding hydrogens is 254 g/mol. The highest BCUT2D eigenvalue weighted by molar-refractivity contribution is 7.86. The van der Waals surface area contributed by atoms with Crippen molar-refractivity contribution in [2.45, 2.75) is 26.1 Å². The van der Waals surface area contributed by atoms with Gasteiger partial charge in [0.05, 0.1) is 12.2 Å². The highest BCUT2D eigenvalue weighted by atomic mass is 32.2. The molecule has 0 radical (unpaired) electrons. The molecule has 2 atom stereocenters. The number of nitrogens with zero attached hydrogens (tertiary/aromatic N) is 3.